The topological polar surface area (TPSA) is 84.9 Å². The Morgan fingerprint density at radius 1 is 1.30 bits per heavy atom. The molecule has 0 radical (unpaired) electrons. The van der Waals surface area contributed by atoms with E-state index in [1.165, 1.54) is 0 Å². The molecule has 0 aliphatic carbocycles. The molecule has 1 heterocycles. The lowest BCUT2D eigenvalue weighted by molar-refractivity contribution is -0.147. The second kappa shape index (κ2) is 7.42. The maximum atomic E-state index is 13.2. The summed E-state index contributed by atoms with van der Waals surface area (Å²) in [5.41, 5.74) is -0.399. The molecular weight excluding hydrogens is 319 g/mol. The molecule has 1 saturated heterocycles. The largest absolute Gasteiger partial charge is 0.480 e. The summed E-state index contributed by atoms with van der Waals surface area (Å²) in [6.45, 7) is -0.157. The van der Waals surface area contributed by atoms with Crippen LogP contribution in [0.3, 0.4) is 0 Å². The zero-order chi connectivity index (χ0) is 17.0. The summed E-state index contributed by atoms with van der Waals surface area (Å²) in [6.07, 6.45) is -0.261. The summed E-state index contributed by atoms with van der Waals surface area (Å²) in [4.78, 5) is 22.6. The van der Waals surface area contributed by atoms with Crippen LogP contribution in [0.1, 0.15) is 16.8 Å². The van der Waals surface area contributed by atoms with E-state index in [1.54, 1.807) is 0 Å². The zero-order valence-corrected chi connectivity index (χ0v) is 11.9. The van der Waals surface area contributed by atoms with Crippen molar-refractivity contribution in [2.45, 2.75) is 18.6 Å². The van der Waals surface area contributed by atoms with Crippen LogP contribution in [0.5, 0.6) is 0 Å². The van der Waals surface area contributed by atoms with Gasteiger partial charge in [0.25, 0.3) is 5.91 Å². The Morgan fingerprint density at radius 3 is 2.57 bits per heavy atom. The van der Waals surface area contributed by atoms with Gasteiger partial charge in [-0.15, -0.1) is 0 Å². The Hall–Kier alpha value is -2.13. The van der Waals surface area contributed by atoms with Crippen LogP contribution in [0.2, 0.25) is 0 Å². The number of carboxylic acid groups (broad SMARTS) is 1. The number of hydrogen-bond donors (Lipinski definition) is 2. The highest BCUT2D eigenvalue weighted by Gasteiger charge is 2.29. The highest BCUT2D eigenvalue weighted by molar-refractivity contribution is 5.94. The maximum absolute atomic E-state index is 13.2. The molecule has 2 rings (SSSR count). The van der Waals surface area contributed by atoms with E-state index >= 15 is 0 Å². The van der Waals surface area contributed by atoms with Crippen LogP contribution in [0, 0.1) is 17.5 Å². The molecule has 9 heteroatoms. The first-order chi connectivity index (χ1) is 10.9. The number of ether oxygens (including phenoxy) is 2. The monoisotopic (exact) mass is 333 g/mol. The number of nitrogens with one attached hydrogen (secondary N) is 1. The highest BCUT2D eigenvalue weighted by Crippen LogP contribution is 2.16. The van der Waals surface area contributed by atoms with E-state index in [4.69, 9.17) is 14.6 Å². The second-order valence-electron chi connectivity index (χ2n) is 4.94. The first-order valence-corrected chi connectivity index (χ1v) is 6.75. The molecule has 1 aromatic rings. The lowest BCUT2D eigenvalue weighted by Crippen LogP contribution is -2.51. The summed E-state index contributed by atoms with van der Waals surface area (Å²) in [6, 6.07) is 0.460. The van der Waals surface area contributed by atoms with Crippen molar-refractivity contribution in [3.05, 3.63) is 35.1 Å². The van der Waals surface area contributed by atoms with E-state index in [1.807, 2.05) is 0 Å². The molecule has 1 aliphatic rings. The Balaban J connectivity index is 2.06. The molecule has 1 fully saturated rings. The molecule has 0 bridgehead atoms. The standard InChI is InChI=1S/C14H14F3NO5/c15-8-3-7(4-9(16)13(8)17)14(21)18-10-5-22-2-1-11(10)23-6-12(19)20/h3-4,10-11H,1-2,5-6H2,(H,18,21)(H,19,20)/t10-,11+/m0/s1. The van der Waals surface area contributed by atoms with Gasteiger partial charge in [0.15, 0.2) is 17.5 Å². The van der Waals surface area contributed by atoms with Gasteiger partial charge >= 0.3 is 5.97 Å². The number of benzene rings is 1. The van der Waals surface area contributed by atoms with Crippen LogP contribution in [0.15, 0.2) is 12.1 Å². The Kier molecular flexibility index (Phi) is 5.56. The average molecular weight is 333 g/mol. The number of carbonyl (C=O) groups excluding carboxylic acids is 1. The summed E-state index contributed by atoms with van der Waals surface area (Å²) in [5.74, 6) is -6.63. The molecule has 23 heavy (non-hydrogen) atoms. The van der Waals surface area contributed by atoms with Crippen LogP contribution in [-0.4, -0.2) is 48.9 Å². The quantitative estimate of drug-likeness (QED) is 0.788. The number of aliphatic carboxylic acids is 1. The number of halogens is 3. The van der Waals surface area contributed by atoms with Crippen molar-refractivity contribution in [2.24, 2.45) is 0 Å². The normalized spacial score (nSPS) is 21.0. The van der Waals surface area contributed by atoms with E-state index in [0.29, 0.717) is 25.2 Å². The van der Waals surface area contributed by atoms with Crippen molar-refractivity contribution in [3.8, 4) is 0 Å². The first-order valence-electron chi connectivity index (χ1n) is 6.75. The first kappa shape index (κ1) is 17.2. The van der Waals surface area contributed by atoms with Gasteiger partial charge < -0.3 is 19.9 Å². The Bertz CT molecular complexity index is 587. The van der Waals surface area contributed by atoms with Gasteiger partial charge in [-0.3, -0.25) is 4.79 Å². The van der Waals surface area contributed by atoms with Crippen LogP contribution < -0.4 is 5.32 Å². The molecule has 0 saturated carbocycles. The summed E-state index contributed by atoms with van der Waals surface area (Å²) >= 11 is 0. The lowest BCUT2D eigenvalue weighted by Gasteiger charge is -2.31. The minimum absolute atomic E-state index is 0.0577. The van der Waals surface area contributed by atoms with Crippen molar-refractivity contribution in [1.29, 1.82) is 0 Å². The molecule has 1 amide bonds. The predicted molar refractivity (Wildman–Crippen MR) is 70.4 cm³/mol. The van der Waals surface area contributed by atoms with Gasteiger partial charge in [0.2, 0.25) is 0 Å². The molecule has 2 N–H and O–H groups in total. The maximum Gasteiger partial charge on any atom is 0.329 e. The van der Waals surface area contributed by atoms with E-state index in [2.05, 4.69) is 5.32 Å². The van der Waals surface area contributed by atoms with Gasteiger partial charge in [0.1, 0.15) is 6.61 Å². The zero-order valence-electron chi connectivity index (χ0n) is 11.9. The number of carboxylic acids is 1. The number of amides is 1. The van der Waals surface area contributed by atoms with Crippen molar-refractivity contribution >= 4 is 11.9 Å². The lowest BCUT2D eigenvalue weighted by atomic mass is 10.1. The fourth-order valence-electron chi connectivity index (χ4n) is 2.17. The molecule has 6 nitrogen and oxygen atoms in total. The third kappa shape index (κ3) is 4.42. The van der Waals surface area contributed by atoms with Gasteiger partial charge in [0, 0.05) is 12.2 Å². The Morgan fingerprint density at radius 2 is 1.96 bits per heavy atom. The fraction of sp³-hybridized carbons (Fsp3) is 0.429. The molecule has 0 unspecified atom stereocenters. The molecular formula is C14H14F3NO5. The summed E-state index contributed by atoms with van der Waals surface area (Å²) in [7, 11) is 0. The van der Waals surface area contributed by atoms with Gasteiger partial charge in [-0.05, 0) is 18.6 Å². The molecule has 2 atom stereocenters. The minimum atomic E-state index is -1.66. The Labute approximate surface area is 129 Å². The average Bonchev–Trinajstić information content (AvgIpc) is 2.51. The number of rotatable bonds is 5. The van der Waals surface area contributed by atoms with Crippen molar-refractivity contribution in [1.82, 2.24) is 5.32 Å². The fourth-order valence-corrected chi connectivity index (χ4v) is 2.17. The van der Waals surface area contributed by atoms with Crippen LogP contribution >= 0.6 is 0 Å². The second-order valence-corrected chi connectivity index (χ2v) is 4.94. The molecule has 126 valence electrons. The van der Waals surface area contributed by atoms with Gasteiger partial charge in [-0.25, -0.2) is 18.0 Å². The van der Waals surface area contributed by atoms with Gasteiger partial charge in [0.05, 0.1) is 18.8 Å². The molecule has 1 aromatic carbocycles. The van der Waals surface area contributed by atoms with Crippen molar-refractivity contribution in [3.63, 3.8) is 0 Å². The smallest absolute Gasteiger partial charge is 0.329 e. The number of carbonyl (C=O) groups is 2. The highest BCUT2D eigenvalue weighted by atomic mass is 19.2. The van der Waals surface area contributed by atoms with E-state index in [9.17, 15) is 22.8 Å². The van der Waals surface area contributed by atoms with Crippen LogP contribution in [-0.2, 0) is 14.3 Å². The molecule has 0 aromatic heterocycles. The molecule has 1 aliphatic heterocycles. The van der Waals surface area contributed by atoms with Crippen molar-refractivity contribution < 1.29 is 37.3 Å². The van der Waals surface area contributed by atoms with E-state index in [-0.39, 0.29) is 6.61 Å². The molecule has 0 spiro atoms. The van der Waals surface area contributed by atoms with Crippen LogP contribution in [0.4, 0.5) is 13.2 Å². The minimum Gasteiger partial charge on any atom is -0.480 e. The van der Waals surface area contributed by atoms with E-state index in [0.717, 1.165) is 0 Å². The third-order valence-electron chi connectivity index (χ3n) is 3.28. The van der Waals surface area contributed by atoms with E-state index < -0.39 is 53.6 Å². The number of hydrogen-bond acceptors (Lipinski definition) is 4. The summed E-state index contributed by atoms with van der Waals surface area (Å²) < 4.78 is 49.5. The predicted octanol–water partition coefficient (Wildman–Crippen LogP) is 1.09. The van der Waals surface area contributed by atoms with Crippen LogP contribution in [0.25, 0.3) is 0 Å². The van der Waals surface area contributed by atoms with Crippen molar-refractivity contribution in [2.75, 3.05) is 19.8 Å². The van der Waals surface area contributed by atoms with Gasteiger partial charge in [-0.2, -0.15) is 0 Å². The summed E-state index contributed by atoms with van der Waals surface area (Å²) in [5, 5.41) is 11.1. The third-order valence-corrected chi connectivity index (χ3v) is 3.28. The van der Waals surface area contributed by atoms with Gasteiger partial charge in [-0.1, -0.05) is 0 Å². The SMILES string of the molecule is O=C(O)CO[C@@H]1CCOC[C@@H]1NC(=O)c1cc(F)c(F)c(F)c1.